The van der Waals surface area contributed by atoms with Crippen LogP contribution in [0.15, 0.2) is 18.2 Å². The first-order valence-electron chi connectivity index (χ1n) is 7.01. The van der Waals surface area contributed by atoms with E-state index < -0.39 is 0 Å². The molecule has 1 aliphatic carbocycles. The minimum atomic E-state index is 0.830. The minimum Gasteiger partial charge on any atom is -0.384 e. The van der Waals surface area contributed by atoms with Crippen molar-refractivity contribution in [2.75, 3.05) is 18.4 Å². The van der Waals surface area contributed by atoms with Gasteiger partial charge < -0.3 is 10.6 Å². The molecule has 0 radical (unpaired) electrons. The van der Waals surface area contributed by atoms with Gasteiger partial charge in [-0.25, -0.2) is 0 Å². The zero-order valence-electron chi connectivity index (χ0n) is 10.5. The largest absolute Gasteiger partial charge is 0.384 e. The molecule has 2 heteroatoms. The first-order valence-corrected chi connectivity index (χ1v) is 7.01. The molecule has 1 aliphatic heterocycles. The first-order chi connectivity index (χ1) is 8.42. The van der Waals surface area contributed by atoms with Crippen LogP contribution in [-0.4, -0.2) is 19.1 Å². The van der Waals surface area contributed by atoms with Crippen molar-refractivity contribution in [1.29, 1.82) is 0 Å². The van der Waals surface area contributed by atoms with Gasteiger partial charge in [0, 0.05) is 18.3 Å². The van der Waals surface area contributed by atoms with Crippen molar-refractivity contribution in [3.8, 4) is 0 Å². The summed E-state index contributed by atoms with van der Waals surface area (Å²) in [5, 5.41) is 7.08. The van der Waals surface area contributed by atoms with Crippen LogP contribution in [0.25, 0.3) is 0 Å². The van der Waals surface area contributed by atoms with Gasteiger partial charge in [0.15, 0.2) is 0 Å². The van der Waals surface area contributed by atoms with E-state index in [2.05, 4.69) is 28.8 Å². The average molecular weight is 230 g/mol. The molecule has 2 aliphatic rings. The third-order valence-corrected chi connectivity index (χ3v) is 4.06. The van der Waals surface area contributed by atoms with E-state index in [0.29, 0.717) is 0 Å². The lowest BCUT2D eigenvalue weighted by molar-refractivity contribution is 0.339. The van der Waals surface area contributed by atoms with Crippen LogP contribution in [-0.2, 0) is 12.8 Å². The summed E-state index contributed by atoms with van der Waals surface area (Å²) < 4.78 is 0. The molecule has 1 aromatic carbocycles. The highest BCUT2D eigenvalue weighted by Crippen LogP contribution is 2.23. The number of benzene rings is 1. The van der Waals surface area contributed by atoms with E-state index in [0.717, 1.165) is 12.6 Å². The maximum atomic E-state index is 3.63. The van der Waals surface area contributed by atoms with Gasteiger partial charge in [-0.15, -0.1) is 0 Å². The van der Waals surface area contributed by atoms with Gasteiger partial charge in [-0.05, 0) is 55.8 Å². The molecule has 0 saturated heterocycles. The number of nitrogens with one attached hydrogen (secondary N) is 2. The summed E-state index contributed by atoms with van der Waals surface area (Å²) in [7, 11) is 0. The molecule has 2 nitrogen and oxygen atoms in total. The minimum absolute atomic E-state index is 0.830. The van der Waals surface area contributed by atoms with Crippen LogP contribution in [0.5, 0.6) is 0 Å². The van der Waals surface area contributed by atoms with Crippen LogP contribution in [0, 0.1) is 0 Å². The molecule has 0 bridgehead atoms. The Morgan fingerprint density at radius 2 is 2.24 bits per heavy atom. The fourth-order valence-electron chi connectivity index (χ4n) is 2.70. The second kappa shape index (κ2) is 5.09. The molecule has 1 aromatic rings. The van der Waals surface area contributed by atoms with Crippen molar-refractivity contribution in [2.45, 2.75) is 44.6 Å². The van der Waals surface area contributed by atoms with Crippen molar-refractivity contribution < 1.29 is 0 Å². The summed E-state index contributed by atoms with van der Waals surface area (Å²) in [6.45, 7) is 2.29. The van der Waals surface area contributed by atoms with E-state index in [-0.39, 0.29) is 0 Å². The Bertz CT molecular complexity index is 383. The van der Waals surface area contributed by atoms with Crippen molar-refractivity contribution in [3.63, 3.8) is 0 Å². The second-order valence-electron chi connectivity index (χ2n) is 5.35. The van der Waals surface area contributed by atoms with Gasteiger partial charge in [0.1, 0.15) is 0 Å². The van der Waals surface area contributed by atoms with Crippen molar-refractivity contribution >= 4 is 5.69 Å². The van der Waals surface area contributed by atoms with Gasteiger partial charge in [-0.2, -0.15) is 0 Å². The molecule has 92 valence electrons. The number of hydrogen-bond acceptors (Lipinski definition) is 2. The van der Waals surface area contributed by atoms with Crippen molar-refractivity contribution in [2.24, 2.45) is 0 Å². The summed E-state index contributed by atoms with van der Waals surface area (Å²) in [6, 6.07) is 7.77. The highest BCUT2D eigenvalue weighted by atomic mass is 14.9. The van der Waals surface area contributed by atoms with E-state index in [1.807, 2.05) is 0 Å². The molecule has 17 heavy (non-hydrogen) atoms. The van der Waals surface area contributed by atoms with E-state index in [4.69, 9.17) is 0 Å². The van der Waals surface area contributed by atoms with E-state index in [1.54, 1.807) is 0 Å². The molecular formula is C15H22N2. The lowest BCUT2D eigenvalue weighted by Gasteiger charge is -2.26. The molecule has 0 unspecified atom stereocenters. The Balaban J connectivity index is 1.44. The van der Waals surface area contributed by atoms with E-state index in [9.17, 15) is 0 Å². The van der Waals surface area contributed by atoms with Gasteiger partial charge >= 0.3 is 0 Å². The normalized spacial score (nSPS) is 18.6. The monoisotopic (exact) mass is 230 g/mol. The highest BCUT2D eigenvalue weighted by Gasteiger charge is 2.15. The maximum Gasteiger partial charge on any atom is 0.0376 e. The third-order valence-electron chi connectivity index (χ3n) is 4.06. The average Bonchev–Trinajstić information content (AvgIpc) is 2.73. The summed E-state index contributed by atoms with van der Waals surface area (Å²) in [6.07, 6.45) is 7.86. The lowest BCUT2D eigenvalue weighted by Crippen LogP contribution is -2.35. The topological polar surface area (TPSA) is 24.1 Å². The standard InChI is InChI=1S/C15H22N2/c1-4-14(5-1)16-9-2-3-12-6-7-13-8-10-17-15(13)11-12/h6-7,11,14,16-17H,1-5,8-10H2. The van der Waals surface area contributed by atoms with Gasteiger partial charge in [-0.1, -0.05) is 18.6 Å². The molecule has 0 amide bonds. The van der Waals surface area contributed by atoms with Crippen LogP contribution in [0.1, 0.15) is 36.8 Å². The Kier molecular flexibility index (Phi) is 3.32. The van der Waals surface area contributed by atoms with Crippen LogP contribution in [0.3, 0.4) is 0 Å². The zero-order chi connectivity index (χ0) is 11.5. The smallest absolute Gasteiger partial charge is 0.0376 e. The van der Waals surface area contributed by atoms with Crippen LogP contribution < -0.4 is 10.6 Å². The highest BCUT2D eigenvalue weighted by molar-refractivity contribution is 5.57. The Morgan fingerprint density at radius 3 is 3.06 bits per heavy atom. The summed E-state index contributed by atoms with van der Waals surface area (Å²) in [5.74, 6) is 0. The predicted octanol–water partition coefficient (Wildman–Crippen LogP) is 2.73. The van der Waals surface area contributed by atoms with Crippen LogP contribution in [0.2, 0.25) is 0 Å². The van der Waals surface area contributed by atoms with Crippen molar-refractivity contribution in [3.05, 3.63) is 29.3 Å². The molecule has 0 atom stereocenters. The lowest BCUT2D eigenvalue weighted by atomic mass is 9.93. The number of fused-ring (bicyclic) bond motifs is 1. The number of aryl methyl sites for hydroxylation is 1. The maximum absolute atomic E-state index is 3.63. The Morgan fingerprint density at radius 1 is 1.29 bits per heavy atom. The Labute approximate surface area is 104 Å². The molecule has 0 spiro atoms. The second-order valence-corrected chi connectivity index (χ2v) is 5.35. The van der Waals surface area contributed by atoms with Gasteiger partial charge in [0.2, 0.25) is 0 Å². The molecule has 3 rings (SSSR count). The molecule has 1 saturated carbocycles. The molecule has 0 aromatic heterocycles. The molecule has 2 N–H and O–H groups in total. The summed E-state index contributed by atoms with van der Waals surface area (Å²) in [4.78, 5) is 0. The Hall–Kier alpha value is -1.02. The summed E-state index contributed by atoms with van der Waals surface area (Å²) in [5.41, 5.74) is 4.34. The van der Waals surface area contributed by atoms with E-state index >= 15 is 0 Å². The molecular weight excluding hydrogens is 208 g/mol. The van der Waals surface area contributed by atoms with Gasteiger partial charge in [0.05, 0.1) is 0 Å². The quantitative estimate of drug-likeness (QED) is 0.760. The van der Waals surface area contributed by atoms with Crippen LogP contribution >= 0.6 is 0 Å². The number of hydrogen-bond donors (Lipinski definition) is 2. The fraction of sp³-hybridized carbons (Fsp3) is 0.600. The van der Waals surface area contributed by atoms with Crippen molar-refractivity contribution in [1.82, 2.24) is 5.32 Å². The van der Waals surface area contributed by atoms with Crippen LogP contribution in [0.4, 0.5) is 5.69 Å². The summed E-state index contributed by atoms with van der Waals surface area (Å²) >= 11 is 0. The fourth-order valence-corrected chi connectivity index (χ4v) is 2.70. The SMILES string of the molecule is c1cc2c(cc1CCCNC1CCC1)NCC2. The third kappa shape index (κ3) is 2.63. The number of anilines is 1. The number of rotatable bonds is 5. The zero-order valence-corrected chi connectivity index (χ0v) is 10.5. The first kappa shape index (κ1) is 11.1. The van der Waals surface area contributed by atoms with Gasteiger partial charge in [0.25, 0.3) is 0 Å². The molecule has 1 heterocycles. The molecule has 1 fully saturated rings. The van der Waals surface area contributed by atoms with E-state index in [1.165, 1.54) is 61.9 Å². The van der Waals surface area contributed by atoms with Gasteiger partial charge in [-0.3, -0.25) is 0 Å². The predicted molar refractivity (Wildman–Crippen MR) is 72.6 cm³/mol.